The van der Waals surface area contributed by atoms with Crippen LogP contribution in [0.4, 0.5) is 5.69 Å². The molecule has 0 radical (unpaired) electrons. The van der Waals surface area contributed by atoms with Gasteiger partial charge < -0.3 is 5.43 Å². The molecule has 1 unspecified atom stereocenters. The van der Waals surface area contributed by atoms with Gasteiger partial charge in [-0.2, -0.15) is 4.31 Å². The number of hydrogen-bond donors (Lipinski definition) is 2. The highest BCUT2D eigenvalue weighted by atomic mass is 32.2. The van der Waals surface area contributed by atoms with Gasteiger partial charge in [-0.25, -0.2) is 8.42 Å². The van der Waals surface area contributed by atoms with E-state index in [0.717, 1.165) is 29.7 Å². The molecule has 1 heterocycles. The number of anilines is 1. The van der Waals surface area contributed by atoms with Crippen molar-refractivity contribution in [2.24, 2.45) is 5.84 Å². The normalized spacial score (nSPS) is 20.7. The summed E-state index contributed by atoms with van der Waals surface area (Å²) in [6.45, 7) is 6.19. The summed E-state index contributed by atoms with van der Waals surface area (Å²) in [5.41, 5.74) is 4.74. The van der Waals surface area contributed by atoms with Crippen molar-refractivity contribution in [3.05, 3.63) is 23.3 Å². The fraction of sp³-hybridized carbons (Fsp3) is 0.538. The third-order valence-electron chi connectivity index (χ3n) is 3.69. The van der Waals surface area contributed by atoms with E-state index in [0.29, 0.717) is 11.4 Å². The standard InChI is InChI=1S/C13H21N3O2S/c1-9-7-12(15-14)8-10(2)13(9)19(17,18)16-6-4-5-11(16)3/h7-8,11,15H,4-6,14H2,1-3H3. The third-order valence-corrected chi connectivity index (χ3v) is 6.01. The summed E-state index contributed by atoms with van der Waals surface area (Å²) in [7, 11) is -3.41. The number of nitrogens with one attached hydrogen (secondary N) is 1. The maximum atomic E-state index is 12.8. The number of sulfonamides is 1. The van der Waals surface area contributed by atoms with Crippen molar-refractivity contribution >= 4 is 15.7 Å². The monoisotopic (exact) mass is 283 g/mol. The Hall–Kier alpha value is -1.11. The van der Waals surface area contributed by atoms with Crippen molar-refractivity contribution in [2.75, 3.05) is 12.0 Å². The largest absolute Gasteiger partial charge is 0.324 e. The summed E-state index contributed by atoms with van der Waals surface area (Å²) >= 11 is 0. The lowest BCUT2D eigenvalue weighted by molar-refractivity contribution is 0.408. The molecule has 1 fully saturated rings. The van der Waals surface area contributed by atoms with Crippen molar-refractivity contribution in [3.8, 4) is 0 Å². The third kappa shape index (κ3) is 2.48. The van der Waals surface area contributed by atoms with Crippen LogP contribution in [-0.2, 0) is 10.0 Å². The minimum absolute atomic E-state index is 0.0797. The maximum Gasteiger partial charge on any atom is 0.243 e. The van der Waals surface area contributed by atoms with Gasteiger partial charge in [0, 0.05) is 18.3 Å². The number of rotatable bonds is 3. The van der Waals surface area contributed by atoms with Gasteiger partial charge in [-0.3, -0.25) is 5.84 Å². The Labute approximate surface area is 114 Å². The molecule has 0 aliphatic carbocycles. The second-order valence-corrected chi connectivity index (χ2v) is 7.02. The van der Waals surface area contributed by atoms with Crippen molar-refractivity contribution in [2.45, 2.75) is 44.6 Å². The summed E-state index contributed by atoms with van der Waals surface area (Å²) in [6, 6.07) is 3.61. The van der Waals surface area contributed by atoms with Crippen LogP contribution in [0.1, 0.15) is 30.9 Å². The van der Waals surface area contributed by atoms with E-state index in [2.05, 4.69) is 5.43 Å². The van der Waals surface area contributed by atoms with E-state index < -0.39 is 10.0 Å². The zero-order chi connectivity index (χ0) is 14.2. The van der Waals surface area contributed by atoms with Gasteiger partial charge in [0.15, 0.2) is 0 Å². The topological polar surface area (TPSA) is 75.4 Å². The zero-order valence-corrected chi connectivity index (χ0v) is 12.4. The lowest BCUT2D eigenvalue weighted by Crippen LogP contribution is -2.34. The average molecular weight is 283 g/mol. The molecule has 1 aliphatic rings. The Balaban J connectivity index is 2.52. The van der Waals surface area contributed by atoms with Gasteiger partial charge in [-0.1, -0.05) is 0 Å². The SMILES string of the molecule is Cc1cc(NN)cc(C)c1S(=O)(=O)N1CCCC1C. The summed E-state index contributed by atoms with van der Waals surface area (Å²) in [5.74, 6) is 5.38. The van der Waals surface area contributed by atoms with Gasteiger partial charge in [0.2, 0.25) is 10.0 Å². The molecule has 106 valence electrons. The van der Waals surface area contributed by atoms with Gasteiger partial charge >= 0.3 is 0 Å². The first-order chi connectivity index (χ1) is 8.87. The fourth-order valence-electron chi connectivity index (χ4n) is 2.82. The molecule has 0 amide bonds. The maximum absolute atomic E-state index is 12.8. The van der Waals surface area contributed by atoms with Crippen LogP contribution in [0.3, 0.4) is 0 Å². The summed E-state index contributed by atoms with van der Waals surface area (Å²) in [6.07, 6.45) is 1.86. The molecule has 1 aromatic rings. The van der Waals surface area contributed by atoms with Gasteiger partial charge in [-0.05, 0) is 56.9 Å². The van der Waals surface area contributed by atoms with Gasteiger partial charge in [-0.15, -0.1) is 0 Å². The molecule has 0 aromatic heterocycles. The lowest BCUT2D eigenvalue weighted by atomic mass is 10.1. The van der Waals surface area contributed by atoms with E-state index in [1.54, 1.807) is 16.4 Å². The van der Waals surface area contributed by atoms with E-state index in [1.165, 1.54) is 0 Å². The number of nitrogen functional groups attached to an aromatic ring is 1. The number of nitrogens with two attached hydrogens (primary N) is 1. The molecule has 0 saturated carbocycles. The predicted molar refractivity (Wildman–Crippen MR) is 76.3 cm³/mol. The van der Waals surface area contributed by atoms with Gasteiger partial charge in [0.25, 0.3) is 0 Å². The second-order valence-electron chi connectivity index (χ2n) is 5.19. The highest BCUT2D eigenvalue weighted by Crippen LogP contribution is 2.31. The molecule has 0 bridgehead atoms. The minimum Gasteiger partial charge on any atom is -0.324 e. The van der Waals surface area contributed by atoms with E-state index in [9.17, 15) is 8.42 Å². The van der Waals surface area contributed by atoms with E-state index in [4.69, 9.17) is 5.84 Å². The summed E-state index contributed by atoms with van der Waals surface area (Å²) in [5, 5.41) is 0. The van der Waals surface area contributed by atoms with Crippen LogP contribution in [0.2, 0.25) is 0 Å². The van der Waals surface area contributed by atoms with Crippen LogP contribution in [0.25, 0.3) is 0 Å². The van der Waals surface area contributed by atoms with Crippen molar-refractivity contribution in [1.82, 2.24) is 4.31 Å². The first-order valence-electron chi connectivity index (χ1n) is 6.47. The van der Waals surface area contributed by atoms with E-state index >= 15 is 0 Å². The van der Waals surface area contributed by atoms with E-state index in [-0.39, 0.29) is 6.04 Å². The van der Waals surface area contributed by atoms with Crippen molar-refractivity contribution < 1.29 is 8.42 Å². The molecule has 1 aromatic carbocycles. The zero-order valence-electron chi connectivity index (χ0n) is 11.6. The number of benzene rings is 1. The molecule has 1 atom stereocenters. The number of aryl methyl sites for hydroxylation is 2. The summed E-state index contributed by atoms with van der Waals surface area (Å²) < 4.78 is 27.1. The van der Waals surface area contributed by atoms with Gasteiger partial charge in [0.1, 0.15) is 0 Å². The molecule has 3 N–H and O–H groups in total. The summed E-state index contributed by atoms with van der Waals surface area (Å²) in [4.78, 5) is 0.417. The Kier molecular flexibility index (Phi) is 3.85. The van der Waals surface area contributed by atoms with Crippen LogP contribution < -0.4 is 11.3 Å². The Morgan fingerprint density at radius 1 is 1.32 bits per heavy atom. The number of hydrogen-bond acceptors (Lipinski definition) is 4. The fourth-order valence-corrected chi connectivity index (χ4v) is 4.94. The molecular formula is C13H21N3O2S. The van der Waals surface area contributed by atoms with Crippen LogP contribution >= 0.6 is 0 Å². The van der Waals surface area contributed by atoms with Crippen molar-refractivity contribution in [3.63, 3.8) is 0 Å². The Bertz CT molecular complexity index is 561. The average Bonchev–Trinajstić information content (AvgIpc) is 2.74. The molecular weight excluding hydrogens is 262 g/mol. The van der Waals surface area contributed by atoms with Crippen LogP contribution in [0.5, 0.6) is 0 Å². The number of nitrogens with zero attached hydrogens (tertiary/aromatic N) is 1. The molecule has 2 rings (SSSR count). The van der Waals surface area contributed by atoms with Crippen LogP contribution in [-0.4, -0.2) is 25.3 Å². The highest BCUT2D eigenvalue weighted by molar-refractivity contribution is 7.89. The molecule has 5 nitrogen and oxygen atoms in total. The lowest BCUT2D eigenvalue weighted by Gasteiger charge is -2.23. The number of hydrazine groups is 1. The smallest absolute Gasteiger partial charge is 0.243 e. The first-order valence-corrected chi connectivity index (χ1v) is 7.91. The highest BCUT2D eigenvalue weighted by Gasteiger charge is 2.34. The molecule has 1 aliphatic heterocycles. The predicted octanol–water partition coefficient (Wildman–Crippen LogP) is 1.76. The van der Waals surface area contributed by atoms with Gasteiger partial charge in [0.05, 0.1) is 4.90 Å². The quantitative estimate of drug-likeness (QED) is 0.655. The van der Waals surface area contributed by atoms with Crippen molar-refractivity contribution in [1.29, 1.82) is 0 Å². The Morgan fingerprint density at radius 2 is 1.89 bits per heavy atom. The second kappa shape index (κ2) is 5.11. The van der Waals surface area contributed by atoms with Crippen LogP contribution in [0.15, 0.2) is 17.0 Å². The van der Waals surface area contributed by atoms with E-state index in [1.807, 2.05) is 20.8 Å². The minimum atomic E-state index is -3.41. The Morgan fingerprint density at radius 3 is 2.32 bits per heavy atom. The molecule has 1 saturated heterocycles. The molecule has 19 heavy (non-hydrogen) atoms. The first kappa shape index (κ1) is 14.3. The molecule has 0 spiro atoms. The molecule has 6 heteroatoms. The van der Waals surface area contributed by atoms with Crippen LogP contribution in [0, 0.1) is 13.8 Å².